The van der Waals surface area contributed by atoms with E-state index >= 15 is 0 Å². The van der Waals surface area contributed by atoms with Gasteiger partial charge in [0, 0.05) is 23.1 Å². The Hall–Kier alpha value is -3.79. The first-order valence-electron chi connectivity index (χ1n) is 11.4. The number of tetrazole rings is 1. The Bertz CT molecular complexity index is 1490. The van der Waals surface area contributed by atoms with Crippen LogP contribution in [-0.2, 0) is 17.7 Å². The third-order valence-corrected chi connectivity index (χ3v) is 6.46. The summed E-state index contributed by atoms with van der Waals surface area (Å²) in [5, 5.41) is 15.3. The Labute approximate surface area is 209 Å². The maximum Gasteiger partial charge on any atom is 0.356 e. The van der Waals surface area contributed by atoms with Crippen molar-refractivity contribution < 1.29 is 13.9 Å². The van der Waals surface area contributed by atoms with Crippen LogP contribution in [0.15, 0.2) is 57.7 Å². The number of halogens is 1. The second kappa shape index (κ2) is 9.83. The molecule has 10 heteroatoms. The summed E-state index contributed by atoms with van der Waals surface area (Å²) >= 11 is 3.74. The van der Waals surface area contributed by atoms with E-state index in [1.807, 2.05) is 41.0 Å². The molecule has 0 atom stereocenters. The van der Waals surface area contributed by atoms with Crippen molar-refractivity contribution in [2.45, 2.75) is 33.2 Å². The lowest BCUT2D eigenvalue weighted by Crippen LogP contribution is -2.14. The molecule has 0 aliphatic carbocycles. The normalized spacial score (nSPS) is 11.3. The van der Waals surface area contributed by atoms with Crippen molar-refractivity contribution in [3.05, 3.63) is 70.2 Å². The molecule has 0 aliphatic heterocycles. The molecule has 0 spiro atoms. The predicted octanol–water partition coefficient (Wildman–Crippen LogP) is 5.42. The number of nitrogens with zero attached hydrogens (tertiary/aromatic N) is 5. The number of carbonyl (C=O) groups excluding carboxylic acids is 1. The molecule has 9 nitrogen and oxygen atoms in total. The molecule has 0 saturated heterocycles. The second-order valence-corrected chi connectivity index (χ2v) is 8.79. The molecule has 0 bridgehead atoms. The first-order valence-corrected chi connectivity index (χ1v) is 12.1. The third kappa shape index (κ3) is 4.37. The lowest BCUT2D eigenvalue weighted by Gasteiger charge is -2.09. The summed E-state index contributed by atoms with van der Waals surface area (Å²) < 4.78 is 14.2. The quantitative estimate of drug-likeness (QED) is 0.264. The van der Waals surface area contributed by atoms with Gasteiger partial charge in [-0.3, -0.25) is 0 Å². The second-order valence-electron chi connectivity index (χ2n) is 7.99. The van der Waals surface area contributed by atoms with Gasteiger partial charge < -0.3 is 13.7 Å². The van der Waals surface area contributed by atoms with Crippen LogP contribution in [0.2, 0.25) is 0 Å². The van der Waals surface area contributed by atoms with Gasteiger partial charge in [-0.05, 0) is 52.2 Å². The van der Waals surface area contributed by atoms with Crippen molar-refractivity contribution in [3.8, 4) is 22.7 Å². The van der Waals surface area contributed by atoms with Crippen LogP contribution in [-0.4, -0.2) is 42.8 Å². The summed E-state index contributed by atoms with van der Waals surface area (Å²) in [6, 6.07) is 13.7. The minimum absolute atomic E-state index is 0.317. The molecule has 178 valence electrons. The number of nitrogens with one attached hydrogen (secondary N) is 1. The number of hydrogen-bond acceptors (Lipinski definition) is 7. The molecule has 35 heavy (non-hydrogen) atoms. The maximum atomic E-state index is 12.6. The summed E-state index contributed by atoms with van der Waals surface area (Å²) in [5.41, 5.74) is 4.67. The van der Waals surface area contributed by atoms with Crippen LogP contribution in [0, 0.1) is 0 Å². The Balaban J connectivity index is 1.53. The fourth-order valence-electron chi connectivity index (χ4n) is 4.13. The smallest absolute Gasteiger partial charge is 0.356 e. The van der Waals surface area contributed by atoms with E-state index in [2.05, 4.69) is 54.5 Å². The first kappa shape index (κ1) is 23.0. The number of aromatic nitrogens is 6. The van der Waals surface area contributed by atoms with E-state index in [9.17, 15) is 4.79 Å². The number of rotatable bonds is 8. The molecule has 2 aromatic carbocycles. The van der Waals surface area contributed by atoms with Crippen molar-refractivity contribution in [3.63, 3.8) is 0 Å². The fraction of sp³-hybridized carbons (Fsp3) is 0.240. The molecule has 0 amide bonds. The number of imidazole rings is 1. The molecule has 0 saturated carbocycles. The van der Waals surface area contributed by atoms with Crippen LogP contribution in [0.25, 0.3) is 33.7 Å². The van der Waals surface area contributed by atoms with Gasteiger partial charge in [0.05, 0.1) is 23.1 Å². The van der Waals surface area contributed by atoms with Gasteiger partial charge in [-0.2, -0.15) is 5.21 Å². The summed E-state index contributed by atoms with van der Waals surface area (Å²) in [7, 11) is 0. The summed E-state index contributed by atoms with van der Waals surface area (Å²) in [6.07, 6.45) is 3.32. The molecule has 3 heterocycles. The van der Waals surface area contributed by atoms with Gasteiger partial charge in [-0.15, -0.1) is 10.2 Å². The zero-order chi connectivity index (χ0) is 24.4. The molecular weight excluding hydrogens is 512 g/mol. The van der Waals surface area contributed by atoms with Crippen LogP contribution in [0.3, 0.4) is 0 Å². The third-order valence-electron chi connectivity index (χ3n) is 5.67. The van der Waals surface area contributed by atoms with Crippen LogP contribution >= 0.6 is 15.9 Å². The number of aromatic amines is 1. The average molecular weight is 535 g/mol. The molecule has 0 radical (unpaired) electrons. The minimum atomic E-state index is -0.348. The van der Waals surface area contributed by atoms with E-state index in [1.54, 1.807) is 13.3 Å². The van der Waals surface area contributed by atoms with E-state index in [1.165, 1.54) is 0 Å². The lowest BCUT2D eigenvalue weighted by atomic mass is 10.0. The summed E-state index contributed by atoms with van der Waals surface area (Å²) in [4.78, 5) is 17.1. The summed E-state index contributed by atoms with van der Waals surface area (Å²) in [6.45, 7) is 4.66. The Morgan fingerprint density at radius 2 is 2.00 bits per heavy atom. The SMILES string of the molecule is CCCc1ncn(Cc2ccc3oc(-c4ccccc4-c4nn[nH]n4)c(Br)c3c2)c1C(=O)OCC. The number of carbonyl (C=O) groups is 1. The van der Waals surface area contributed by atoms with E-state index in [0.717, 1.165) is 50.7 Å². The number of hydrogen-bond donors (Lipinski definition) is 1. The van der Waals surface area contributed by atoms with Crippen LogP contribution in [0.4, 0.5) is 0 Å². The number of furan rings is 1. The number of aryl methyl sites for hydroxylation is 1. The number of ether oxygens (including phenoxy) is 1. The number of fused-ring (bicyclic) bond motifs is 1. The molecule has 5 aromatic rings. The van der Waals surface area contributed by atoms with Crippen molar-refractivity contribution in [1.29, 1.82) is 0 Å². The van der Waals surface area contributed by atoms with Crippen molar-refractivity contribution in [2.24, 2.45) is 0 Å². The Morgan fingerprint density at radius 3 is 2.74 bits per heavy atom. The van der Waals surface area contributed by atoms with E-state index in [0.29, 0.717) is 30.4 Å². The van der Waals surface area contributed by atoms with Gasteiger partial charge in [0.15, 0.2) is 5.69 Å². The highest BCUT2D eigenvalue weighted by Crippen LogP contribution is 2.41. The molecule has 0 aliphatic rings. The van der Waals surface area contributed by atoms with Gasteiger partial charge in [-0.25, -0.2) is 9.78 Å². The highest BCUT2D eigenvalue weighted by atomic mass is 79.9. The topological polar surface area (TPSA) is 112 Å². The summed E-state index contributed by atoms with van der Waals surface area (Å²) in [5.74, 6) is 0.820. The largest absolute Gasteiger partial charge is 0.461 e. The van der Waals surface area contributed by atoms with Gasteiger partial charge in [0.1, 0.15) is 11.3 Å². The fourth-order valence-corrected chi connectivity index (χ4v) is 4.74. The Kier molecular flexibility index (Phi) is 6.45. The van der Waals surface area contributed by atoms with E-state index < -0.39 is 0 Å². The number of esters is 1. The van der Waals surface area contributed by atoms with Crippen molar-refractivity contribution >= 4 is 32.9 Å². The zero-order valence-electron chi connectivity index (χ0n) is 19.3. The number of H-pyrrole nitrogens is 1. The van der Waals surface area contributed by atoms with E-state index in [-0.39, 0.29) is 5.97 Å². The van der Waals surface area contributed by atoms with Gasteiger partial charge in [-0.1, -0.05) is 43.7 Å². The predicted molar refractivity (Wildman–Crippen MR) is 134 cm³/mol. The highest BCUT2D eigenvalue weighted by molar-refractivity contribution is 9.10. The monoisotopic (exact) mass is 534 g/mol. The molecular formula is C25H23BrN6O3. The van der Waals surface area contributed by atoms with Gasteiger partial charge >= 0.3 is 5.97 Å². The van der Waals surface area contributed by atoms with E-state index in [4.69, 9.17) is 9.15 Å². The van der Waals surface area contributed by atoms with Crippen LogP contribution in [0.5, 0.6) is 0 Å². The molecule has 0 fully saturated rings. The van der Waals surface area contributed by atoms with Crippen molar-refractivity contribution in [1.82, 2.24) is 30.2 Å². The van der Waals surface area contributed by atoms with Crippen molar-refractivity contribution in [2.75, 3.05) is 6.61 Å². The standard InChI is InChI=1S/C25H23BrN6O3/c1-3-7-19-22(25(33)34-4-2)32(14-27-19)13-15-10-11-20-18(12-15)21(26)23(35-20)16-8-5-6-9-17(16)24-28-30-31-29-24/h5-6,8-12,14H,3-4,7,13H2,1-2H3,(H,28,29,30,31). The minimum Gasteiger partial charge on any atom is -0.461 e. The molecule has 3 aromatic heterocycles. The molecule has 0 unspecified atom stereocenters. The molecule has 5 rings (SSSR count). The maximum absolute atomic E-state index is 12.6. The van der Waals surface area contributed by atoms with Gasteiger partial charge in [0.2, 0.25) is 5.82 Å². The highest BCUT2D eigenvalue weighted by Gasteiger charge is 2.21. The molecule has 1 N–H and O–H groups in total. The first-order chi connectivity index (χ1) is 17.1. The Morgan fingerprint density at radius 1 is 1.17 bits per heavy atom. The van der Waals surface area contributed by atoms with Crippen LogP contribution in [0.1, 0.15) is 42.0 Å². The number of benzene rings is 2. The van der Waals surface area contributed by atoms with Crippen LogP contribution < -0.4 is 0 Å². The average Bonchev–Trinajstić information content (AvgIpc) is 3.60. The lowest BCUT2D eigenvalue weighted by molar-refractivity contribution is 0.0513. The zero-order valence-corrected chi connectivity index (χ0v) is 20.9. The van der Waals surface area contributed by atoms with Gasteiger partial charge in [0.25, 0.3) is 0 Å².